The van der Waals surface area contributed by atoms with Crippen molar-refractivity contribution in [2.75, 3.05) is 19.6 Å². The van der Waals surface area contributed by atoms with Crippen molar-refractivity contribution in [3.63, 3.8) is 0 Å². The SMILES string of the molecule is CC(C)(C)OC(=O)N1CCNCC1c1ccccc1C#N. The number of hydrogen-bond donors (Lipinski definition) is 1. The van der Waals surface area contributed by atoms with E-state index in [9.17, 15) is 10.1 Å². The Hall–Kier alpha value is -2.06. The maximum Gasteiger partial charge on any atom is 0.410 e. The Balaban J connectivity index is 2.27. The van der Waals surface area contributed by atoms with Crippen molar-refractivity contribution in [3.8, 4) is 6.07 Å². The van der Waals surface area contributed by atoms with Gasteiger partial charge in [-0.15, -0.1) is 0 Å². The van der Waals surface area contributed by atoms with Gasteiger partial charge in [-0.2, -0.15) is 5.26 Å². The van der Waals surface area contributed by atoms with Crippen molar-refractivity contribution >= 4 is 6.09 Å². The summed E-state index contributed by atoms with van der Waals surface area (Å²) in [7, 11) is 0. The monoisotopic (exact) mass is 287 g/mol. The Bertz CT molecular complexity index is 557. The third-order valence-corrected chi connectivity index (χ3v) is 3.31. The fourth-order valence-electron chi connectivity index (χ4n) is 2.41. The molecule has 1 aliphatic rings. The Morgan fingerprint density at radius 2 is 2.14 bits per heavy atom. The summed E-state index contributed by atoms with van der Waals surface area (Å²) < 4.78 is 5.48. The van der Waals surface area contributed by atoms with Gasteiger partial charge in [-0.1, -0.05) is 18.2 Å². The van der Waals surface area contributed by atoms with E-state index in [2.05, 4.69) is 11.4 Å². The number of nitrogens with zero attached hydrogens (tertiary/aromatic N) is 2. The quantitative estimate of drug-likeness (QED) is 0.861. The minimum Gasteiger partial charge on any atom is -0.444 e. The molecule has 1 aromatic rings. The smallest absolute Gasteiger partial charge is 0.410 e. The van der Waals surface area contributed by atoms with Gasteiger partial charge in [0.15, 0.2) is 0 Å². The van der Waals surface area contributed by atoms with Crippen molar-refractivity contribution in [2.24, 2.45) is 0 Å². The number of carbonyl (C=O) groups excluding carboxylic acids is 1. The summed E-state index contributed by atoms with van der Waals surface area (Å²) in [4.78, 5) is 14.1. The van der Waals surface area contributed by atoms with Crippen LogP contribution in [0.5, 0.6) is 0 Å². The van der Waals surface area contributed by atoms with Crippen LogP contribution in [-0.2, 0) is 4.74 Å². The van der Waals surface area contributed by atoms with Gasteiger partial charge in [-0.3, -0.25) is 4.90 Å². The number of nitrogens with one attached hydrogen (secondary N) is 1. The fraction of sp³-hybridized carbons (Fsp3) is 0.500. The molecule has 1 amide bonds. The lowest BCUT2D eigenvalue weighted by Crippen LogP contribution is -2.50. The van der Waals surface area contributed by atoms with Gasteiger partial charge in [-0.25, -0.2) is 4.79 Å². The van der Waals surface area contributed by atoms with E-state index in [1.807, 2.05) is 39.0 Å². The third-order valence-electron chi connectivity index (χ3n) is 3.31. The Morgan fingerprint density at radius 3 is 2.81 bits per heavy atom. The number of amides is 1. The van der Waals surface area contributed by atoms with Crippen molar-refractivity contribution in [3.05, 3.63) is 35.4 Å². The maximum atomic E-state index is 12.4. The molecule has 1 aromatic carbocycles. The van der Waals surface area contributed by atoms with Gasteiger partial charge >= 0.3 is 6.09 Å². The first kappa shape index (κ1) is 15.3. The maximum absolute atomic E-state index is 12.4. The van der Waals surface area contributed by atoms with E-state index in [4.69, 9.17) is 4.74 Å². The summed E-state index contributed by atoms with van der Waals surface area (Å²) in [6, 6.07) is 9.41. The molecule has 5 heteroatoms. The second-order valence-electron chi connectivity index (χ2n) is 6.09. The third kappa shape index (κ3) is 3.73. The molecule has 1 saturated heterocycles. The van der Waals surface area contributed by atoms with Crippen LogP contribution in [0.4, 0.5) is 4.79 Å². The van der Waals surface area contributed by atoms with Crippen LogP contribution < -0.4 is 5.32 Å². The summed E-state index contributed by atoms with van der Waals surface area (Å²) in [5.41, 5.74) is 0.930. The molecule has 5 nitrogen and oxygen atoms in total. The number of benzene rings is 1. The highest BCUT2D eigenvalue weighted by atomic mass is 16.6. The van der Waals surface area contributed by atoms with E-state index >= 15 is 0 Å². The zero-order valence-corrected chi connectivity index (χ0v) is 12.7. The van der Waals surface area contributed by atoms with Gasteiger partial charge in [0.25, 0.3) is 0 Å². The summed E-state index contributed by atoms with van der Waals surface area (Å²) >= 11 is 0. The molecule has 0 bridgehead atoms. The van der Waals surface area contributed by atoms with Crippen LogP contribution in [0, 0.1) is 11.3 Å². The zero-order chi connectivity index (χ0) is 15.5. The molecular weight excluding hydrogens is 266 g/mol. The Kier molecular flexibility index (Phi) is 4.49. The largest absolute Gasteiger partial charge is 0.444 e. The first-order valence-corrected chi connectivity index (χ1v) is 7.12. The normalized spacial score (nSPS) is 19.0. The molecule has 1 aliphatic heterocycles. The topological polar surface area (TPSA) is 65.4 Å². The highest BCUT2D eigenvalue weighted by Crippen LogP contribution is 2.26. The van der Waals surface area contributed by atoms with Crippen LogP contribution in [-0.4, -0.2) is 36.2 Å². The number of ether oxygens (including phenoxy) is 1. The molecule has 21 heavy (non-hydrogen) atoms. The van der Waals surface area contributed by atoms with E-state index < -0.39 is 5.60 Å². The molecule has 112 valence electrons. The fourth-order valence-corrected chi connectivity index (χ4v) is 2.41. The number of carbonyl (C=O) groups is 1. The molecule has 1 atom stereocenters. The predicted octanol–water partition coefficient (Wildman–Crippen LogP) is 2.44. The molecule has 0 radical (unpaired) electrons. The second kappa shape index (κ2) is 6.15. The van der Waals surface area contributed by atoms with Crippen LogP contribution >= 0.6 is 0 Å². The minimum atomic E-state index is -0.527. The van der Waals surface area contributed by atoms with Crippen LogP contribution in [0.1, 0.15) is 37.9 Å². The summed E-state index contributed by atoms with van der Waals surface area (Å²) in [5.74, 6) is 0. The van der Waals surface area contributed by atoms with Gasteiger partial charge in [0.1, 0.15) is 5.60 Å². The number of nitriles is 1. The van der Waals surface area contributed by atoms with Crippen molar-refractivity contribution in [1.82, 2.24) is 10.2 Å². The van der Waals surface area contributed by atoms with Gasteiger partial charge in [-0.05, 0) is 32.4 Å². The second-order valence-corrected chi connectivity index (χ2v) is 6.09. The molecule has 2 rings (SSSR count). The van der Waals surface area contributed by atoms with Crippen molar-refractivity contribution in [2.45, 2.75) is 32.4 Å². The van der Waals surface area contributed by atoms with Gasteiger partial charge in [0.05, 0.1) is 17.7 Å². The highest BCUT2D eigenvalue weighted by molar-refractivity contribution is 5.69. The lowest BCUT2D eigenvalue weighted by molar-refractivity contribution is 0.0118. The van der Waals surface area contributed by atoms with E-state index in [-0.39, 0.29) is 12.1 Å². The van der Waals surface area contributed by atoms with Crippen LogP contribution in [0.15, 0.2) is 24.3 Å². The molecular formula is C16H21N3O2. The number of piperazine rings is 1. The van der Waals surface area contributed by atoms with E-state index in [1.165, 1.54) is 0 Å². The van der Waals surface area contributed by atoms with E-state index in [0.29, 0.717) is 18.7 Å². The molecule has 1 unspecified atom stereocenters. The zero-order valence-electron chi connectivity index (χ0n) is 12.7. The molecule has 0 aromatic heterocycles. The number of hydrogen-bond acceptors (Lipinski definition) is 4. The van der Waals surface area contributed by atoms with Crippen LogP contribution in [0.3, 0.4) is 0 Å². The molecule has 0 spiro atoms. The Labute approximate surface area is 125 Å². The molecule has 1 N–H and O–H groups in total. The highest BCUT2D eigenvalue weighted by Gasteiger charge is 2.32. The average molecular weight is 287 g/mol. The molecule has 1 fully saturated rings. The average Bonchev–Trinajstić information content (AvgIpc) is 2.45. The standard InChI is InChI=1S/C16H21N3O2/c1-16(2,3)21-15(20)19-9-8-18-11-14(19)13-7-5-4-6-12(13)10-17/h4-7,14,18H,8-9,11H2,1-3H3. The molecule has 0 aliphatic carbocycles. The molecule has 1 heterocycles. The summed E-state index contributed by atoms with van der Waals surface area (Å²) in [6.45, 7) is 7.48. The first-order valence-electron chi connectivity index (χ1n) is 7.12. The van der Waals surface area contributed by atoms with Gasteiger partial charge < -0.3 is 10.1 Å². The predicted molar refractivity (Wildman–Crippen MR) is 79.7 cm³/mol. The summed E-state index contributed by atoms with van der Waals surface area (Å²) in [5, 5.41) is 12.5. The van der Waals surface area contributed by atoms with Crippen LogP contribution in [0.2, 0.25) is 0 Å². The van der Waals surface area contributed by atoms with E-state index in [0.717, 1.165) is 12.1 Å². The van der Waals surface area contributed by atoms with E-state index in [1.54, 1.807) is 11.0 Å². The number of rotatable bonds is 1. The van der Waals surface area contributed by atoms with Gasteiger partial charge in [0.2, 0.25) is 0 Å². The molecule has 0 saturated carbocycles. The Morgan fingerprint density at radius 1 is 1.43 bits per heavy atom. The van der Waals surface area contributed by atoms with Gasteiger partial charge in [0, 0.05) is 19.6 Å². The lowest BCUT2D eigenvalue weighted by atomic mass is 9.98. The lowest BCUT2D eigenvalue weighted by Gasteiger charge is -2.37. The van der Waals surface area contributed by atoms with Crippen molar-refractivity contribution < 1.29 is 9.53 Å². The van der Waals surface area contributed by atoms with Crippen LogP contribution in [0.25, 0.3) is 0 Å². The minimum absolute atomic E-state index is 0.176. The summed E-state index contributed by atoms with van der Waals surface area (Å²) in [6.07, 6.45) is -0.332. The first-order chi connectivity index (χ1) is 9.92. The van der Waals surface area contributed by atoms with Crippen molar-refractivity contribution in [1.29, 1.82) is 5.26 Å².